The second-order valence-electron chi connectivity index (χ2n) is 5.12. The number of hydrogen-bond acceptors (Lipinski definition) is 7. The molecule has 2 aromatic carbocycles. The van der Waals surface area contributed by atoms with Crippen LogP contribution < -0.4 is 9.47 Å². The molecule has 7 heteroatoms. The van der Waals surface area contributed by atoms with Crippen molar-refractivity contribution >= 4 is 5.78 Å². The van der Waals surface area contributed by atoms with Crippen LogP contribution in [-0.4, -0.2) is 39.4 Å². The zero-order chi connectivity index (χ0) is 16.7. The fourth-order valence-electron chi connectivity index (χ4n) is 2.53. The second kappa shape index (κ2) is 5.36. The fourth-order valence-corrected chi connectivity index (χ4v) is 2.53. The zero-order valence-electron chi connectivity index (χ0n) is 12.1. The van der Waals surface area contributed by atoms with Crippen molar-refractivity contribution in [2.75, 3.05) is 7.11 Å². The number of ether oxygens (including phenoxy) is 2. The molecular formula is C16H14O7. The van der Waals surface area contributed by atoms with Crippen LogP contribution in [0.2, 0.25) is 0 Å². The van der Waals surface area contributed by atoms with E-state index in [1.54, 1.807) is 0 Å². The Hall–Kier alpha value is -2.93. The molecule has 4 N–H and O–H groups in total. The first-order valence-electron chi connectivity index (χ1n) is 6.74. The summed E-state index contributed by atoms with van der Waals surface area (Å²) < 4.78 is 10.7. The van der Waals surface area contributed by atoms with Gasteiger partial charge in [-0.05, 0) is 17.7 Å². The topological polar surface area (TPSA) is 116 Å². The van der Waals surface area contributed by atoms with Crippen molar-refractivity contribution in [1.82, 2.24) is 0 Å². The quantitative estimate of drug-likeness (QED) is 0.620. The Kier molecular flexibility index (Phi) is 3.49. The summed E-state index contributed by atoms with van der Waals surface area (Å²) in [5.74, 6) is -1.35. The van der Waals surface area contributed by atoms with Crippen molar-refractivity contribution < 1.29 is 34.7 Å². The summed E-state index contributed by atoms with van der Waals surface area (Å²) in [7, 11) is 1.33. The van der Waals surface area contributed by atoms with E-state index in [0.717, 1.165) is 0 Å². The van der Waals surface area contributed by atoms with Gasteiger partial charge in [-0.1, -0.05) is 6.07 Å². The van der Waals surface area contributed by atoms with E-state index < -0.39 is 23.7 Å². The molecule has 0 saturated carbocycles. The van der Waals surface area contributed by atoms with Gasteiger partial charge in [0.05, 0.1) is 7.11 Å². The van der Waals surface area contributed by atoms with Crippen LogP contribution in [0.1, 0.15) is 22.0 Å². The van der Waals surface area contributed by atoms with E-state index >= 15 is 0 Å². The van der Waals surface area contributed by atoms with E-state index in [-0.39, 0.29) is 28.6 Å². The lowest BCUT2D eigenvalue weighted by Crippen LogP contribution is -2.36. The van der Waals surface area contributed by atoms with Crippen molar-refractivity contribution in [3.63, 3.8) is 0 Å². The lowest BCUT2D eigenvalue weighted by atomic mass is 9.92. The average Bonchev–Trinajstić information content (AvgIpc) is 2.52. The van der Waals surface area contributed by atoms with Crippen molar-refractivity contribution in [3.8, 4) is 28.7 Å². The molecule has 0 fully saturated rings. The molecular weight excluding hydrogens is 304 g/mol. The Morgan fingerprint density at radius 3 is 2.48 bits per heavy atom. The number of benzene rings is 2. The van der Waals surface area contributed by atoms with Crippen LogP contribution in [-0.2, 0) is 0 Å². The monoisotopic (exact) mass is 318 g/mol. The second-order valence-corrected chi connectivity index (χ2v) is 5.12. The lowest BCUT2D eigenvalue weighted by molar-refractivity contribution is 0.0209. The van der Waals surface area contributed by atoms with Gasteiger partial charge < -0.3 is 29.9 Å². The minimum atomic E-state index is -1.52. The van der Waals surface area contributed by atoms with Gasteiger partial charge in [0.25, 0.3) is 0 Å². The number of Topliss-reactive ketones (excluding diaryl/α,β-unsaturated/α-hetero) is 1. The number of fused-ring (bicyclic) bond motifs is 1. The van der Waals surface area contributed by atoms with Crippen LogP contribution in [0.5, 0.6) is 28.7 Å². The van der Waals surface area contributed by atoms with E-state index in [0.29, 0.717) is 5.56 Å². The standard InChI is InChI=1S/C16H14O7/c1-22-11-5-8(17)6-12-13(11)14(20)15(21)16(23-12)7-2-3-9(18)10(19)4-7/h2-6,15-19,21H,1H3/t15-,16+/m0/s1. The summed E-state index contributed by atoms with van der Waals surface area (Å²) in [6.07, 6.45) is -2.61. The highest BCUT2D eigenvalue weighted by Crippen LogP contribution is 2.43. The highest BCUT2D eigenvalue weighted by molar-refractivity contribution is 6.05. The summed E-state index contributed by atoms with van der Waals surface area (Å²) in [5, 5.41) is 38.9. The summed E-state index contributed by atoms with van der Waals surface area (Å²) in [6, 6.07) is 6.33. The van der Waals surface area contributed by atoms with Crippen LogP contribution >= 0.6 is 0 Å². The van der Waals surface area contributed by atoms with Crippen LogP contribution in [0, 0.1) is 0 Å². The number of aromatic hydroxyl groups is 3. The minimum Gasteiger partial charge on any atom is -0.508 e. The van der Waals surface area contributed by atoms with Crippen LogP contribution in [0.3, 0.4) is 0 Å². The molecule has 0 radical (unpaired) electrons. The van der Waals surface area contributed by atoms with Gasteiger partial charge in [0.2, 0.25) is 5.78 Å². The maximum atomic E-state index is 12.4. The molecule has 120 valence electrons. The van der Waals surface area contributed by atoms with Crippen LogP contribution in [0.15, 0.2) is 30.3 Å². The Labute approximate surface area is 131 Å². The summed E-state index contributed by atoms with van der Waals surface area (Å²) in [4.78, 5) is 12.4. The number of phenolic OH excluding ortho intramolecular Hbond substituents is 3. The van der Waals surface area contributed by atoms with Gasteiger partial charge in [0.15, 0.2) is 23.7 Å². The van der Waals surface area contributed by atoms with E-state index in [2.05, 4.69) is 0 Å². The molecule has 0 bridgehead atoms. The summed E-state index contributed by atoms with van der Waals surface area (Å²) in [5.41, 5.74) is 0.339. The highest BCUT2D eigenvalue weighted by atomic mass is 16.5. The molecule has 1 aliphatic heterocycles. The van der Waals surface area contributed by atoms with Gasteiger partial charge in [-0.3, -0.25) is 4.79 Å². The minimum absolute atomic E-state index is 0.0389. The Morgan fingerprint density at radius 2 is 1.83 bits per heavy atom. The van der Waals surface area contributed by atoms with Gasteiger partial charge in [-0.15, -0.1) is 0 Å². The van der Waals surface area contributed by atoms with Gasteiger partial charge >= 0.3 is 0 Å². The Morgan fingerprint density at radius 1 is 1.09 bits per heavy atom. The number of methoxy groups -OCH3 is 1. The molecule has 2 aromatic rings. The van der Waals surface area contributed by atoms with Gasteiger partial charge in [0.1, 0.15) is 22.8 Å². The first kappa shape index (κ1) is 15.0. The van der Waals surface area contributed by atoms with Crippen molar-refractivity contribution in [2.24, 2.45) is 0 Å². The predicted octanol–water partition coefficient (Wildman–Crippen LogP) is 1.49. The van der Waals surface area contributed by atoms with E-state index in [1.165, 1.54) is 37.4 Å². The molecule has 23 heavy (non-hydrogen) atoms. The highest BCUT2D eigenvalue weighted by Gasteiger charge is 2.39. The molecule has 1 heterocycles. The first-order valence-corrected chi connectivity index (χ1v) is 6.74. The van der Waals surface area contributed by atoms with Crippen LogP contribution in [0.25, 0.3) is 0 Å². The number of rotatable bonds is 2. The molecule has 7 nitrogen and oxygen atoms in total. The van der Waals surface area contributed by atoms with Gasteiger partial charge in [0, 0.05) is 12.1 Å². The number of aliphatic hydroxyl groups is 1. The zero-order valence-corrected chi connectivity index (χ0v) is 12.1. The van der Waals surface area contributed by atoms with E-state index in [9.17, 15) is 25.2 Å². The lowest BCUT2D eigenvalue weighted by Gasteiger charge is -2.30. The van der Waals surface area contributed by atoms with E-state index in [4.69, 9.17) is 9.47 Å². The molecule has 0 spiro atoms. The van der Waals surface area contributed by atoms with E-state index in [1.807, 2.05) is 0 Å². The molecule has 1 aliphatic rings. The van der Waals surface area contributed by atoms with Crippen molar-refractivity contribution in [2.45, 2.75) is 12.2 Å². The van der Waals surface area contributed by atoms with Crippen LogP contribution in [0.4, 0.5) is 0 Å². The molecule has 0 unspecified atom stereocenters. The number of carbonyl (C=O) groups excluding carboxylic acids is 1. The molecule has 0 saturated heterocycles. The summed E-state index contributed by atoms with van der Waals surface area (Å²) >= 11 is 0. The van der Waals surface area contributed by atoms with Crippen molar-refractivity contribution in [3.05, 3.63) is 41.5 Å². The number of phenols is 3. The smallest absolute Gasteiger partial charge is 0.202 e. The maximum Gasteiger partial charge on any atom is 0.202 e. The Bertz CT molecular complexity index is 784. The van der Waals surface area contributed by atoms with Gasteiger partial charge in [-0.2, -0.15) is 0 Å². The maximum absolute atomic E-state index is 12.4. The number of aliphatic hydroxyl groups excluding tert-OH is 1. The fraction of sp³-hybridized carbons (Fsp3) is 0.188. The SMILES string of the molecule is COc1cc(O)cc2c1C(=O)[C@H](O)[C@@H](c1ccc(O)c(O)c1)O2. The normalized spacial score (nSPS) is 19.8. The molecule has 3 rings (SSSR count). The number of hydrogen-bond donors (Lipinski definition) is 4. The number of ketones is 1. The first-order chi connectivity index (χ1) is 10.9. The Balaban J connectivity index is 2.09. The number of carbonyl (C=O) groups is 1. The largest absolute Gasteiger partial charge is 0.508 e. The van der Waals surface area contributed by atoms with Gasteiger partial charge in [-0.25, -0.2) is 0 Å². The third-order valence-electron chi connectivity index (χ3n) is 3.65. The molecule has 0 amide bonds. The predicted molar refractivity (Wildman–Crippen MR) is 78.1 cm³/mol. The average molecular weight is 318 g/mol. The summed E-state index contributed by atoms with van der Waals surface area (Å²) in [6.45, 7) is 0. The molecule has 0 aliphatic carbocycles. The third-order valence-corrected chi connectivity index (χ3v) is 3.65. The third kappa shape index (κ3) is 2.40. The molecule has 2 atom stereocenters. The van der Waals surface area contributed by atoms with Crippen molar-refractivity contribution in [1.29, 1.82) is 0 Å². The molecule has 0 aromatic heterocycles.